The predicted octanol–water partition coefficient (Wildman–Crippen LogP) is 5.53. The summed E-state index contributed by atoms with van der Waals surface area (Å²) in [5, 5.41) is 0. The number of unbranched alkanes of at least 4 members (excludes halogenated alkanes) is 4. The van der Waals surface area contributed by atoms with Gasteiger partial charge in [0.15, 0.2) is 0 Å². The van der Waals surface area contributed by atoms with Gasteiger partial charge in [-0.1, -0.05) is 58.8 Å². The highest BCUT2D eigenvalue weighted by Crippen LogP contribution is 2.17. The highest BCUT2D eigenvalue weighted by atomic mass is 28.4. The van der Waals surface area contributed by atoms with Gasteiger partial charge in [0.05, 0.1) is 0 Å². The van der Waals surface area contributed by atoms with E-state index < -0.39 is 8.32 Å². The molecule has 2 nitrogen and oxygen atoms in total. The molecule has 114 valence electrons. The van der Waals surface area contributed by atoms with Crippen LogP contribution in [0, 0.1) is 5.92 Å². The fourth-order valence-electron chi connectivity index (χ4n) is 2.21. The van der Waals surface area contributed by atoms with Crippen molar-refractivity contribution in [2.24, 2.45) is 5.92 Å². The summed E-state index contributed by atoms with van der Waals surface area (Å²) >= 11 is 0. The van der Waals surface area contributed by atoms with Crippen molar-refractivity contribution < 1.29 is 9.22 Å². The molecule has 0 bridgehead atoms. The van der Waals surface area contributed by atoms with Crippen LogP contribution in [-0.2, 0) is 9.22 Å². The van der Waals surface area contributed by atoms with E-state index in [0.717, 1.165) is 12.3 Å². The van der Waals surface area contributed by atoms with Crippen molar-refractivity contribution in [3.63, 3.8) is 0 Å². The van der Waals surface area contributed by atoms with E-state index in [4.69, 9.17) is 4.43 Å². The molecule has 0 saturated carbocycles. The number of carbonyl (C=O) groups excluding carboxylic acids is 1. The number of hydrogen-bond donors (Lipinski definition) is 0. The van der Waals surface area contributed by atoms with Crippen LogP contribution in [-0.4, -0.2) is 14.3 Å². The Morgan fingerprint density at radius 3 is 2.16 bits per heavy atom. The Balaban J connectivity index is 3.38. The van der Waals surface area contributed by atoms with E-state index >= 15 is 0 Å². The lowest BCUT2D eigenvalue weighted by molar-refractivity contribution is -0.135. The van der Waals surface area contributed by atoms with Crippen molar-refractivity contribution in [2.45, 2.75) is 91.3 Å². The minimum absolute atomic E-state index is 0.00970. The topological polar surface area (TPSA) is 26.3 Å². The van der Waals surface area contributed by atoms with Gasteiger partial charge in [-0.2, -0.15) is 0 Å². The minimum atomic E-state index is -1.67. The van der Waals surface area contributed by atoms with Crippen LogP contribution in [0.15, 0.2) is 0 Å². The Morgan fingerprint density at radius 2 is 1.58 bits per heavy atom. The van der Waals surface area contributed by atoms with Crippen LogP contribution in [0.25, 0.3) is 0 Å². The number of rotatable bonds is 11. The molecular weight excluding hydrogens is 252 g/mol. The Kier molecular flexibility index (Phi) is 10.3. The van der Waals surface area contributed by atoms with Crippen LogP contribution in [0.5, 0.6) is 0 Å². The largest absolute Gasteiger partial charge is 0.520 e. The molecule has 0 rings (SSSR count). The molecule has 0 aliphatic heterocycles. The van der Waals surface area contributed by atoms with Gasteiger partial charge in [0.1, 0.15) is 0 Å². The third kappa shape index (κ3) is 13.9. The maximum absolute atomic E-state index is 11.5. The van der Waals surface area contributed by atoms with E-state index in [9.17, 15) is 4.79 Å². The molecular formula is C16H34O2Si. The Morgan fingerprint density at radius 1 is 1.00 bits per heavy atom. The van der Waals surface area contributed by atoms with E-state index in [0.29, 0.717) is 6.42 Å². The van der Waals surface area contributed by atoms with E-state index in [1.807, 2.05) is 0 Å². The fraction of sp³-hybridized carbons (Fsp3) is 0.938. The van der Waals surface area contributed by atoms with Gasteiger partial charge in [-0.25, -0.2) is 0 Å². The molecule has 0 aliphatic carbocycles. The molecule has 0 amide bonds. The SMILES string of the molecule is CCCCC(C)CCCCCCC(=O)O[Si](C)(C)C. The average Bonchev–Trinajstić information content (AvgIpc) is 2.28. The fourth-order valence-corrected chi connectivity index (χ4v) is 2.99. The minimum Gasteiger partial charge on any atom is -0.520 e. The first-order chi connectivity index (χ1) is 8.85. The third-order valence-corrected chi connectivity index (χ3v) is 4.14. The van der Waals surface area contributed by atoms with Gasteiger partial charge in [0, 0.05) is 6.42 Å². The Hall–Kier alpha value is -0.313. The van der Waals surface area contributed by atoms with E-state index in [1.54, 1.807) is 0 Å². The third-order valence-electron chi connectivity index (χ3n) is 3.30. The van der Waals surface area contributed by atoms with Crippen molar-refractivity contribution >= 4 is 14.3 Å². The van der Waals surface area contributed by atoms with Crippen molar-refractivity contribution in [3.8, 4) is 0 Å². The molecule has 1 atom stereocenters. The first-order valence-electron chi connectivity index (χ1n) is 8.07. The molecule has 19 heavy (non-hydrogen) atoms. The van der Waals surface area contributed by atoms with Gasteiger partial charge in [-0.05, 0) is 32.0 Å². The van der Waals surface area contributed by atoms with Crippen molar-refractivity contribution in [3.05, 3.63) is 0 Å². The molecule has 1 unspecified atom stereocenters. The zero-order chi connectivity index (χ0) is 14.7. The molecule has 0 aromatic heterocycles. The molecule has 0 fully saturated rings. The van der Waals surface area contributed by atoms with Crippen LogP contribution < -0.4 is 0 Å². The van der Waals surface area contributed by atoms with Gasteiger partial charge in [0.25, 0.3) is 5.97 Å². The summed E-state index contributed by atoms with van der Waals surface area (Å²) in [4.78, 5) is 11.5. The molecule has 0 radical (unpaired) electrons. The summed E-state index contributed by atoms with van der Waals surface area (Å²) in [6.45, 7) is 10.8. The first-order valence-corrected chi connectivity index (χ1v) is 11.5. The maximum atomic E-state index is 11.5. The van der Waals surface area contributed by atoms with Crippen LogP contribution in [0.3, 0.4) is 0 Å². The smallest absolute Gasteiger partial charge is 0.292 e. The summed E-state index contributed by atoms with van der Waals surface area (Å²) in [7, 11) is -1.67. The average molecular weight is 287 g/mol. The van der Waals surface area contributed by atoms with Crippen molar-refractivity contribution in [1.29, 1.82) is 0 Å². The molecule has 0 heterocycles. The summed E-state index contributed by atoms with van der Waals surface area (Å²) in [5.74, 6) is 0.882. The quantitative estimate of drug-likeness (QED) is 0.368. The molecule has 0 aliphatic rings. The lowest BCUT2D eigenvalue weighted by atomic mass is 9.97. The zero-order valence-electron chi connectivity index (χ0n) is 13.8. The van der Waals surface area contributed by atoms with Crippen LogP contribution >= 0.6 is 0 Å². The van der Waals surface area contributed by atoms with Crippen molar-refractivity contribution in [1.82, 2.24) is 0 Å². The van der Waals surface area contributed by atoms with Crippen molar-refractivity contribution in [2.75, 3.05) is 0 Å². The van der Waals surface area contributed by atoms with Gasteiger partial charge in [-0.15, -0.1) is 0 Å². The second-order valence-corrected chi connectivity index (χ2v) is 11.2. The summed E-state index contributed by atoms with van der Waals surface area (Å²) in [6.07, 6.45) is 10.7. The Labute approximate surface area is 121 Å². The van der Waals surface area contributed by atoms with Gasteiger partial charge in [0.2, 0.25) is 8.32 Å². The van der Waals surface area contributed by atoms with E-state index in [1.165, 1.54) is 44.9 Å². The second-order valence-electron chi connectivity index (χ2n) is 6.79. The summed E-state index contributed by atoms with van der Waals surface area (Å²) < 4.78 is 5.43. The standard InChI is InChI=1S/C16H34O2Si/c1-6-7-12-15(2)13-10-8-9-11-14-16(17)18-19(3,4)5/h15H,6-14H2,1-5H3. The normalized spacial score (nSPS) is 13.3. The first kappa shape index (κ1) is 18.7. The van der Waals surface area contributed by atoms with Gasteiger partial charge in [-0.3, -0.25) is 4.79 Å². The summed E-state index contributed by atoms with van der Waals surface area (Å²) in [5.41, 5.74) is 0. The van der Waals surface area contributed by atoms with Crippen LogP contribution in [0.4, 0.5) is 0 Å². The molecule has 0 saturated heterocycles. The predicted molar refractivity (Wildman–Crippen MR) is 85.8 cm³/mol. The Bertz CT molecular complexity index is 233. The summed E-state index contributed by atoms with van der Waals surface area (Å²) in [6, 6.07) is 0. The molecule has 0 aromatic carbocycles. The lowest BCUT2D eigenvalue weighted by Crippen LogP contribution is -2.28. The van der Waals surface area contributed by atoms with Gasteiger partial charge < -0.3 is 4.43 Å². The number of hydrogen-bond acceptors (Lipinski definition) is 2. The molecule has 0 spiro atoms. The van der Waals surface area contributed by atoms with Crippen LogP contribution in [0.2, 0.25) is 19.6 Å². The molecule has 0 aromatic rings. The highest BCUT2D eigenvalue weighted by Gasteiger charge is 2.19. The van der Waals surface area contributed by atoms with Crippen LogP contribution in [0.1, 0.15) is 71.6 Å². The molecule has 3 heteroatoms. The van der Waals surface area contributed by atoms with Gasteiger partial charge >= 0.3 is 0 Å². The highest BCUT2D eigenvalue weighted by molar-refractivity contribution is 6.71. The second kappa shape index (κ2) is 10.5. The van der Waals surface area contributed by atoms with E-state index in [-0.39, 0.29) is 5.97 Å². The zero-order valence-corrected chi connectivity index (χ0v) is 14.8. The van der Waals surface area contributed by atoms with E-state index in [2.05, 4.69) is 33.5 Å². The molecule has 0 N–H and O–H groups in total. The monoisotopic (exact) mass is 286 g/mol. The number of carbonyl (C=O) groups is 1. The lowest BCUT2D eigenvalue weighted by Gasteiger charge is -2.17. The maximum Gasteiger partial charge on any atom is 0.292 e.